The van der Waals surface area contributed by atoms with E-state index in [1.54, 1.807) is 12.3 Å². The lowest BCUT2D eigenvalue weighted by molar-refractivity contribution is -0.123. The summed E-state index contributed by atoms with van der Waals surface area (Å²) in [5.41, 5.74) is 1.94. The summed E-state index contributed by atoms with van der Waals surface area (Å²) < 4.78 is 0. The molecule has 4 rings (SSSR count). The molecule has 2 aromatic rings. The predicted molar refractivity (Wildman–Crippen MR) is 115 cm³/mol. The van der Waals surface area contributed by atoms with Crippen LogP contribution >= 0.6 is 11.8 Å². The summed E-state index contributed by atoms with van der Waals surface area (Å²) in [5.74, 6) is -0.136. The van der Waals surface area contributed by atoms with Gasteiger partial charge in [0.1, 0.15) is 6.54 Å². The van der Waals surface area contributed by atoms with Gasteiger partial charge < -0.3 is 15.1 Å². The van der Waals surface area contributed by atoms with Crippen LogP contribution in [-0.2, 0) is 16.1 Å². The minimum absolute atomic E-state index is 0.0138. The van der Waals surface area contributed by atoms with Crippen LogP contribution in [0.3, 0.4) is 0 Å². The van der Waals surface area contributed by atoms with E-state index in [-0.39, 0.29) is 30.0 Å². The Labute approximate surface area is 179 Å². The topological polar surface area (TPSA) is 82.6 Å². The van der Waals surface area contributed by atoms with Crippen molar-refractivity contribution in [2.75, 3.05) is 30.3 Å². The van der Waals surface area contributed by atoms with Crippen LogP contribution in [0.4, 0.5) is 5.69 Å². The van der Waals surface area contributed by atoms with Gasteiger partial charge in [-0.3, -0.25) is 19.4 Å². The summed E-state index contributed by atoms with van der Waals surface area (Å²) in [6.07, 6.45) is 4.87. The minimum Gasteiger partial charge on any atom is -0.349 e. The highest BCUT2D eigenvalue weighted by atomic mass is 32.2. The molecule has 0 radical (unpaired) electrons. The first-order chi connectivity index (χ1) is 14.6. The second-order valence-corrected chi connectivity index (χ2v) is 8.42. The molecule has 3 heterocycles. The number of aromatic nitrogens is 1. The minimum atomic E-state index is -0.264. The van der Waals surface area contributed by atoms with Crippen LogP contribution in [0.2, 0.25) is 0 Å². The van der Waals surface area contributed by atoms with Gasteiger partial charge >= 0.3 is 0 Å². The SMILES string of the molecule is O=C(CN1C(=O)CSc2ccc(C(=O)N3CCCCC3)cc21)NCc1ccccn1. The maximum atomic E-state index is 12.9. The zero-order chi connectivity index (χ0) is 20.9. The Bertz CT molecular complexity index is 945. The number of benzene rings is 1. The molecular formula is C22H24N4O3S. The Morgan fingerprint density at radius 2 is 1.93 bits per heavy atom. The fourth-order valence-corrected chi connectivity index (χ4v) is 4.60. The van der Waals surface area contributed by atoms with Gasteiger partial charge in [0.2, 0.25) is 11.8 Å². The quantitative estimate of drug-likeness (QED) is 0.797. The fourth-order valence-electron chi connectivity index (χ4n) is 3.68. The van der Waals surface area contributed by atoms with Crippen molar-refractivity contribution in [2.24, 2.45) is 0 Å². The van der Waals surface area contributed by atoms with Gasteiger partial charge in [-0.15, -0.1) is 11.8 Å². The first kappa shape index (κ1) is 20.4. The Kier molecular flexibility index (Phi) is 6.32. The number of amides is 3. The van der Waals surface area contributed by atoms with E-state index in [0.717, 1.165) is 42.9 Å². The number of nitrogens with one attached hydrogen (secondary N) is 1. The Hall–Kier alpha value is -2.87. The zero-order valence-electron chi connectivity index (χ0n) is 16.7. The number of carbonyl (C=O) groups is 3. The van der Waals surface area contributed by atoms with Gasteiger partial charge in [0.25, 0.3) is 5.91 Å². The molecule has 2 aliphatic heterocycles. The van der Waals surface area contributed by atoms with Crippen molar-refractivity contribution < 1.29 is 14.4 Å². The van der Waals surface area contributed by atoms with Crippen LogP contribution in [0, 0.1) is 0 Å². The van der Waals surface area contributed by atoms with E-state index in [9.17, 15) is 14.4 Å². The summed E-state index contributed by atoms with van der Waals surface area (Å²) in [7, 11) is 0. The second-order valence-electron chi connectivity index (χ2n) is 7.40. The number of anilines is 1. The van der Waals surface area contributed by atoms with Crippen LogP contribution < -0.4 is 10.2 Å². The molecule has 0 spiro atoms. The smallest absolute Gasteiger partial charge is 0.253 e. The molecule has 0 unspecified atom stereocenters. The predicted octanol–water partition coefficient (Wildman–Crippen LogP) is 2.46. The average molecular weight is 425 g/mol. The van der Waals surface area contributed by atoms with Crippen molar-refractivity contribution in [1.82, 2.24) is 15.2 Å². The van der Waals surface area contributed by atoms with E-state index in [4.69, 9.17) is 0 Å². The molecule has 156 valence electrons. The van der Waals surface area contributed by atoms with E-state index >= 15 is 0 Å². The lowest BCUT2D eigenvalue weighted by Crippen LogP contribution is -2.43. The van der Waals surface area contributed by atoms with Crippen molar-refractivity contribution in [1.29, 1.82) is 0 Å². The third-order valence-corrected chi connectivity index (χ3v) is 6.33. The zero-order valence-corrected chi connectivity index (χ0v) is 17.5. The molecule has 8 heteroatoms. The molecule has 1 aromatic carbocycles. The van der Waals surface area contributed by atoms with Crippen molar-refractivity contribution in [3.8, 4) is 0 Å². The molecule has 0 aliphatic carbocycles. The van der Waals surface area contributed by atoms with Crippen molar-refractivity contribution >= 4 is 35.2 Å². The maximum Gasteiger partial charge on any atom is 0.253 e. The molecule has 1 saturated heterocycles. The number of nitrogens with zero attached hydrogens (tertiary/aromatic N) is 3. The van der Waals surface area contributed by atoms with Gasteiger partial charge in [0.05, 0.1) is 23.7 Å². The first-order valence-corrected chi connectivity index (χ1v) is 11.1. The van der Waals surface area contributed by atoms with Gasteiger partial charge in [-0.2, -0.15) is 0 Å². The number of pyridine rings is 1. The van der Waals surface area contributed by atoms with Crippen molar-refractivity contribution in [3.63, 3.8) is 0 Å². The maximum absolute atomic E-state index is 12.9. The first-order valence-electron chi connectivity index (χ1n) is 10.1. The summed E-state index contributed by atoms with van der Waals surface area (Å²) in [5, 5.41) is 2.81. The number of piperidine rings is 1. The van der Waals surface area contributed by atoms with Crippen LogP contribution in [0.15, 0.2) is 47.5 Å². The van der Waals surface area contributed by atoms with Crippen LogP contribution in [0.5, 0.6) is 0 Å². The van der Waals surface area contributed by atoms with Crippen LogP contribution in [0.25, 0.3) is 0 Å². The number of hydrogen-bond acceptors (Lipinski definition) is 5. The largest absolute Gasteiger partial charge is 0.349 e. The average Bonchev–Trinajstić information content (AvgIpc) is 2.80. The highest BCUT2D eigenvalue weighted by Crippen LogP contribution is 2.36. The molecule has 1 aromatic heterocycles. The Balaban J connectivity index is 1.48. The van der Waals surface area contributed by atoms with Gasteiger partial charge in [-0.05, 0) is 49.6 Å². The lowest BCUT2D eigenvalue weighted by atomic mass is 10.1. The van der Waals surface area contributed by atoms with E-state index in [2.05, 4.69) is 10.3 Å². The van der Waals surface area contributed by atoms with Gasteiger partial charge in [0, 0.05) is 29.7 Å². The van der Waals surface area contributed by atoms with E-state index < -0.39 is 0 Å². The lowest BCUT2D eigenvalue weighted by Gasteiger charge is -2.30. The highest BCUT2D eigenvalue weighted by molar-refractivity contribution is 8.00. The monoisotopic (exact) mass is 424 g/mol. The van der Waals surface area contributed by atoms with E-state index in [1.807, 2.05) is 35.2 Å². The van der Waals surface area contributed by atoms with Crippen LogP contribution in [-0.4, -0.2) is 53.0 Å². The summed E-state index contributed by atoms with van der Waals surface area (Å²) in [6.45, 7) is 1.75. The Morgan fingerprint density at radius 1 is 1.10 bits per heavy atom. The third-order valence-electron chi connectivity index (χ3n) is 5.29. The summed E-state index contributed by atoms with van der Waals surface area (Å²) in [4.78, 5) is 46.4. The summed E-state index contributed by atoms with van der Waals surface area (Å²) >= 11 is 1.44. The molecule has 0 bridgehead atoms. The number of rotatable bonds is 5. The molecule has 3 amide bonds. The summed E-state index contributed by atoms with van der Waals surface area (Å²) in [6, 6.07) is 10.9. The molecule has 1 N–H and O–H groups in total. The van der Waals surface area contributed by atoms with Crippen LogP contribution in [0.1, 0.15) is 35.3 Å². The molecular weight excluding hydrogens is 400 g/mol. The highest BCUT2D eigenvalue weighted by Gasteiger charge is 2.28. The molecule has 0 saturated carbocycles. The fraction of sp³-hybridized carbons (Fsp3) is 0.364. The van der Waals surface area contributed by atoms with Gasteiger partial charge in [-0.25, -0.2) is 0 Å². The van der Waals surface area contributed by atoms with Crippen molar-refractivity contribution in [3.05, 3.63) is 53.9 Å². The third kappa shape index (κ3) is 4.64. The Morgan fingerprint density at radius 3 is 2.70 bits per heavy atom. The van der Waals surface area contributed by atoms with Gasteiger partial charge in [-0.1, -0.05) is 6.07 Å². The van der Waals surface area contributed by atoms with Crippen molar-refractivity contribution in [2.45, 2.75) is 30.7 Å². The number of likely N-dealkylation sites (tertiary alicyclic amines) is 1. The number of carbonyl (C=O) groups excluding carboxylic acids is 3. The molecule has 1 fully saturated rings. The standard InChI is InChI=1S/C22H24N4O3S/c27-20(24-13-17-6-2-3-9-23-17)14-26-18-12-16(7-8-19(18)30-15-21(26)28)22(29)25-10-4-1-5-11-25/h2-3,6-9,12H,1,4-5,10-11,13-15H2,(H,24,27). The molecule has 2 aliphatic rings. The number of hydrogen-bond donors (Lipinski definition) is 1. The number of fused-ring (bicyclic) bond motifs is 1. The van der Waals surface area contributed by atoms with E-state index in [0.29, 0.717) is 17.8 Å². The second kappa shape index (κ2) is 9.30. The van der Waals surface area contributed by atoms with E-state index in [1.165, 1.54) is 16.7 Å². The van der Waals surface area contributed by atoms with Gasteiger partial charge in [0.15, 0.2) is 0 Å². The molecule has 30 heavy (non-hydrogen) atoms. The normalized spacial score (nSPS) is 16.2. The molecule has 7 nitrogen and oxygen atoms in total. The number of thioether (sulfide) groups is 1. The molecule has 0 atom stereocenters.